The van der Waals surface area contributed by atoms with Crippen LogP contribution in [0.1, 0.15) is 72.4 Å². The number of hydrogen-bond acceptors (Lipinski definition) is 5. The van der Waals surface area contributed by atoms with E-state index in [4.69, 9.17) is 9.47 Å². The summed E-state index contributed by atoms with van der Waals surface area (Å²) in [5.74, 6) is 1.33. The maximum Gasteiger partial charge on any atom is 0.126 e. The molecule has 1 aliphatic carbocycles. The molecule has 0 radical (unpaired) electrons. The maximum atomic E-state index is 10.3. The minimum absolute atomic E-state index is 0.131. The molecule has 2 aliphatic rings. The number of benzene rings is 2. The van der Waals surface area contributed by atoms with Crippen molar-refractivity contribution in [3.63, 3.8) is 0 Å². The number of aliphatic hydroxyl groups excluding tert-OH is 2. The smallest absolute Gasteiger partial charge is 0.126 e. The first-order valence-corrected chi connectivity index (χ1v) is 10.8. The van der Waals surface area contributed by atoms with Crippen LogP contribution in [0.4, 0.5) is 0 Å². The van der Waals surface area contributed by atoms with E-state index in [0.717, 1.165) is 22.6 Å². The van der Waals surface area contributed by atoms with E-state index in [1.54, 1.807) is 6.07 Å². The molecule has 5 heteroatoms. The van der Waals surface area contributed by atoms with Crippen molar-refractivity contribution in [1.82, 2.24) is 0 Å². The monoisotopic (exact) mass is 407 g/mol. The first-order chi connectivity index (χ1) is 14.6. The number of nitriles is 1. The van der Waals surface area contributed by atoms with Gasteiger partial charge in [0, 0.05) is 18.4 Å². The van der Waals surface area contributed by atoms with Gasteiger partial charge in [0.25, 0.3) is 0 Å². The predicted octanol–water partition coefficient (Wildman–Crippen LogP) is 4.00. The number of nitrogens with zero attached hydrogens (tertiary/aromatic N) is 1. The number of aliphatic hydroxyl groups is 2. The van der Waals surface area contributed by atoms with E-state index in [-0.39, 0.29) is 12.7 Å². The van der Waals surface area contributed by atoms with Crippen molar-refractivity contribution in [2.45, 2.75) is 63.3 Å². The zero-order valence-electron chi connectivity index (χ0n) is 17.4. The van der Waals surface area contributed by atoms with Gasteiger partial charge in [-0.25, -0.2) is 0 Å². The second-order valence-electron chi connectivity index (χ2n) is 8.34. The first kappa shape index (κ1) is 20.9. The molecule has 2 fully saturated rings. The van der Waals surface area contributed by atoms with Gasteiger partial charge in [0.05, 0.1) is 43.2 Å². The number of ether oxygens (including phenoxy) is 2. The summed E-state index contributed by atoms with van der Waals surface area (Å²) in [6.07, 6.45) is 2.75. The standard InChI is InChI=1S/C25H29NO4/c1-2-29-24-11-20(14-26)19(9-16-3-5-17(6-4-16)18-7-8-18)10-23(24)25-13-21(28)12-22(15-27)30-25/h3-6,10-11,18,21-22,25,27-28H,2,7-9,12-13,15H2,1H3. The molecule has 30 heavy (non-hydrogen) atoms. The van der Waals surface area contributed by atoms with Crippen molar-refractivity contribution in [3.05, 3.63) is 64.2 Å². The van der Waals surface area contributed by atoms with Gasteiger partial charge in [-0.05, 0) is 60.9 Å². The molecule has 3 atom stereocenters. The highest BCUT2D eigenvalue weighted by Crippen LogP contribution is 2.40. The zero-order valence-corrected chi connectivity index (χ0v) is 17.4. The molecule has 158 valence electrons. The number of rotatable bonds is 7. The summed E-state index contributed by atoms with van der Waals surface area (Å²) in [5, 5.41) is 29.5. The Labute approximate surface area is 177 Å². The van der Waals surface area contributed by atoms with Crippen molar-refractivity contribution < 1.29 is 19.7 Å². The molecule has 3 unspecified atom stereocenters. The van der Waals surface area contributed by atoms with Gasteiger partial charge >= 0.3 is 0 Å². The molecular formula is C25H29NO4. The molecule has 2 aromatic carbocycles. The predicted molar refractivity (Wildman–Crippen MR) is 113 cm³/mol. The lowest BCUT2D eigenvalue weighted by Crippen LogP contribution is -2.33. The molecular weight excluding hydrogens is 378 g/mol. The molecule has 2 aromatic rings. The van der Waals surface area contributed by atoms with Crippen LogP contribution in [0.3, 0.4) is 0 Å². The lowest BCUT2D eigenvalue weighted by molar-refractivity contribution is -0.114. The normalized spacial score (nSPS) is 23.7. The Balaban J connectivity index is 1.65. The van der Waals surface area contributed by atoms with Crippen molar-refractivity contribution in [1.29, 1.82) is 5.26 Å². The summed E-state index contributed by atoms with van der Waals surface area (Å²) in [7, 11) is 0. The van der Waals surface area contributed by atoms with Crippen LogP contribution < -0.4 is 4.74 Å². The van der Waals surface area contributed by atoms with Crippen LogP contribution in [0.2, 0.25) is 0 Å². The fourth-order valence-electron chi connectivity index (χ4n) is 4.28. The van der Waals surface area contributed by atoms with E-state index >= 15 is 0 Å². The Bertz CT molecular complexity index is 914. The highest BCUT2D eigenvalue weighted by atomic mass is 16.5. The topological polar surface area (TPSA) is 82.7 Å². The molecule has 1 aliphatic heterocycles. The van der Waals surface area contributed by atoms with Crippen LogP contribution in [0.25, 0.3) is 0 Å². The Kier molecular flexibility index (Phi) is 6.38. The van der Waals surface area contributed by atoms with Gasteiger partial charge in [0.1, 0.15) is 5.75 Å². The van der Waals surface area contributed by atoms with Gasteiger partial charge in [-0.3, -0.25) is 0 Å². The third kappa shape index (κ3) is 4.67. The van der Waals surface area contributed by atoms with Crippen molar-refractivity contribution in [2.24, 2.45) is 0 Å². The fourth-order valence-corrected chi connectivity index (χ4v) is 4.28. The van der Waals surface area contributed by atoms with Gasteiger partial charge < -0.3 is 19.7 Å². The Morgan fingerprint density at radius 2 is 1.93 bits per heavy atom. The second kappa shape index (κ2) is 9.18. The van der Waals surface area contributed by atoms with E-state index in [1.807, 2.05) is 13.0 Å². The molecule has 1 saturated carbocycles. The van der Waals surface area contributed by atoms with Crippen LogP contribution >= 0.6 is 0 Å². The largest absolute Gasteiger partial charge is 0.493 e. The molecule has 0 bridgehead atoms. The fraction of sp³-hybridized carbons (Fsp3) is 0.480. The summed E-state index contributed by atoms with van der Waals surface area (Å²) in [4.78, 5) is 0. The number of hydrogen-bond donors (Lipinski definition) is 2. The lowest BCUT2D eigenvalue weighted by atomic mass is 9.91. The Morgan fingerprint density at radius 3 is 2.57 bits per heavy atom. The van der Waals surface area contributed by atoms with Gasteiger partial charge in [-0.1, -0.05) is 24.3 Å². The summed E-state index contributed by atoms with van der Waals surface area (Å²) in [5.41, 5.74) is 4.88. The highest BCUT2D eigenvalue weighted by Gasteiger charge is 2.31. The minimum atomic E-state index is -0.538. The van der Waals surface area contributed by atoms with E-state index in [2.05, 4.69) is 30.3 Å². The van der Waals surface area contributed by atoms with Crippen LogP contribution in [0.5, 0.6) is 5.75 Å². The van der Waals surface area contributed by atoms with Gasteiger partial charge in [0.2, 0.25) is 0 Å². The molecule has 5 nitrogen and oxygen atoms in total. The lowest BCUT2D eigenvalue weighted by Gasteiger charge is -2.33. The third-order valence-corrected chi connectivity index (χ3v) is 6.01. The second-order valence-corrected chi connectivity index (χ2v) is 8.34. The minimum Gasteiger partial charge on any atom is -0.493 e. The van der Waals surface area contributed by atoms with Crippen molar-refractivity contribution in [2.75, 3.05) is 13.2 Å². The SMILES string of the molecule is CCOc1cc(C#N)c(Cc2ccc(C3CC3)cc2)cc1C1CC(O)CC(CO)O1. The van der Waals surface area contributed by atoms with E-state index < -0.39 is 12.2 Å². The highest BCUT2D eigenvalue weighted by molar-refractivity contribution is 5.51. The Morgan fingerprint density at radius 1 is 1.17 bits per heavy atom. The van der Waals surface area contributed by atoms with Gasteiger partial charge in [-0.15, -0.1) is 0 Å². The zero-order chi connectivity index (χ0) is 21.1. The average Bonchev–Trinajstić information content (AvgIpc) is 3.60. The summed E-state index contributed by atoms with van der Waals surface area (Å²) in [6, 6.07) is 14.8. The van der Waals surface area contributed by atoms with Gasteiger partial charge in [0.15, 0.2) is 0 Å². The van der Waals surface area contributed by atoms with Crippen molar-refractivity contribution >= 4 is 0 Å². The third-order valence-electron chi connectivity index (χ3n) is 6.01. The molecule has 0 spiro atoms. The van der Waals surface area contributed by atoms with Crippen LogP contribution in [-0.2, 0) is 11.2 Å². The summed E-state index contributed by atoms with van der Waals surface area (Å²) >= 11 is 0. The van der Waals surface area contributed by atoms with Crippen LogP contribution in [0, 0.1) is 11.3 Å². The molecule has 2 N–H and O–H groups in total. The maximum absolute atomic E-state index is 10.3. The van der Waals surface area contributed by atoms with E-state index in [0.29, 0.717) is 37.2 Å². The van der Waals surface area contributed by atoms with Crippen LogP contribution in [0.15, 0.2) is 36.4 Å². The van der Waals surface area contributed by atoms with Crippen molar-refractivity contribution in [3.8, 4) is 11.8 Å². The average molecular weight is 408 g/mol. The van der Waals surface area contributed by atoms with E-state index in [9.17, 15) is 15.5 Å². The summed E-state index contributed by atoms with van der Waals surface area (Å²) < 4.78 is 11.8. The molecule has 1 heterocycles. The molecule has 0 amide bonds. The van der Waals surface area contributed by atoms with Crippen LogP contribution in [-0.4, -0.2) is 35.6 Å². The molecule has 0 aromatic heterocycles. The molecule has 4 rings (SSSR count). The van der Waals surface area contributed by atoms with Gasteiger partial charge in [-0.2, -0.15) is 5.26 Å². The summed E-state index contributed by atoms with van der Waals surface area (Å²) in [6.45, 7) is 2.24. The quantitative estimate of drug-likeness (QED) is 0.725. The Hall–Kier alpha value is -2.39. The first-order valence-electron chi connectivity index (χ1n) is 10.8. The molecule has 1 saturated heterocycles. The van der Waals surface area contributed by atoms with E-state index in [1.165, 1.54) is 18.4 Å².